The molecule has 0 saturated heterocycles. The number of likely N-dealkylation sites (N-methyl/N-ethyl adjacent to an activating group) is 1. The average Bonchev–Trinajstić information content (AvgIpc) is 2.01. The Bertz CT molecular complexity index is 188. The second-order valence-electron chi connectivity index (χ2n) is 4.66. The molecular formula is C11H25NO4. The monoisotopic (exact) mass is 235 g/mol. The first-order chi connectivity index (χ1) is 7.13. The van der Waals surface area contributed by atoms with Crippen molar-refractivity contribution in [2.75, 3.05) is 34.4 Å². The zero-order valence-electron chi connectivity index (χ0n) is 11.2. The summed E-state index contributed by atoms with van der Waals surface area (Å²) >= 11 is 0. The highest BCUT2D eigenvalue weighted by atomic mass is 16.5. The number of carboxylic acids is 1. The molecule has 0 aromatic carbocycles. The Balaban J connectivity index is 0. The highest BCUT2D eigenvalue weighted by Crippen LogP contribution is 2.06. The van der Waals surface area contributed by atoms with Gasteiger partial charge in [-0.3, -0.25) is 0 Å². The van der Waals surface area contributed by atoms with E-state index >= 15 is 0 Å². The summed E-state index contributed by atoms with van der Waals surface area (Å²) in [5.74, 6) is -1.08. The van der Waals surface area contributed by atoms with Gasteiger partial charge in [-0.1, -0.05) is 0 Å². The Morgan fingerprint density at radius 1 is 1.44 bits per heavy atom. The lowest BCUT2D eigenvalue weighted by atomic mass is 10.2. The van der Waals surface area contributed by atoms with Crippen molar-refractivity contribution in [3.63, 3.8) is 0 Å². The van der Waals surface area contributed by atoms with Gasteiger partial charge in [0.05, 0.1) is 26.7 Å². The highest BCUT2D eigenvalue weighted by molar-refractivity contribution is 5.60. The number of carboxylic acid groups (broad SMARTS) is 1. The van der Waals surface area contributed by atoms with Crippen LogP contribution in [0.3, 0.4) is 0 Å². The van der Waals surface area contributed by atoms with Crippen molar-refractivity contribution in [2.45, 2.75) is 32.9 Å². The minimum absolute atomic E-state index is 0.354. The maximum absolute atomic E-state index is 9.49. The molecule has 0 radical (unpaired) electrons. The van der Waals surface area contributed by atoms with E-state index in [1.165, 1.54) is 0 Å². The number of aliphatic hydroxyl groups excluding tert-OH is 1. The molecule has 5 nitrogen and oxygen atoms in total. The third-order valence-corrected chi connectivity index (χ3v) is 2.44. The molecule has 0 aliphatic rings. The lowest BCUT2D eigenvalue weighted by Crippen LogP contribution is -2.51. The number of carbonyl (C=O) groups excluding carboxylic acids is 1. The first-order valence-electron chi connectivity index (χ1n) is 5.30. The van der Waals surface area contributed by atoms with E-state index in [-0.39, 0.29) is 6.10 Å². The summed E-state index contributed by atoms with van der Waals surface area (Å²) in [5, 5.41) is 18.4. The predicted molar refractivity (Wildman–Crippen MR) is 60.7 cm³/mol. The van der Waals surface area contributed by atoms with Gasteiger partial charge in [-0.25, -0.2) is 0 Å². The van der Waals surface area contributed by atoms with E-state index in [0.29, 0.717) is 12.6 Å². The average molecular weight is 235 g/mol. The van der Waals surface area contributed by atoms with Crippen LogP contribution in [0.5, 0.6) is 0 Å². The standard InChI is InChI=1S/C9H22NO2.C2H4O2/c1-8(2)10(3,4)6-9(11)7-12-5;1-2(3)4/h8-9,11H,6-7H2,1-5H3;1H3,(H,3,4)/q+1;/p-1. The zero-order chi connectivity index (χ0) is 13.4. The van der Waals surface area contributed by atoms with Crippen molar-refractivity contribution < 1.29 is 24.2 Å². The predicted octanol–water partition coefficient (Wildman–Crippen LogP) is -0.765. The van der Waals surface area contributed by atoms with E-state index in [2.05, 4.69) is 27.9 Å². The summed E-state index contributed by atoms with van der Waals surface area (Å²) in [6.07, 6.45) is -0.354. The lowest BCUT2D eigenvalue weighted by Gasteiger charge is -2.35. The van der Waals surface area contributed by atoms with Crippen LogP contribution in [0.25, 0.3) is 0 Å². The second kappa shape index (κ2) is 8.50. The number of hydrogen-bond donors (Lipinski definition) is 1. The van der Waals surface area contributed by atoms with E-state index < -0.39 is 5.97 Å². The molecule has 0 saturated carbocycles. The van der Waals surface area contributed by atoms with E-state index in [4.69, 9.17) is 14.6 Å². The van der Waals surface area contributed by atoms with Crippen LogP contribution in [-0.2, 0) is 9.53 Å². The molecule has 0 bridgehead atoms. The van der Waals surface area contributed by atoms with Crippen molar-refractivity contribution in [3.05, 3.63) is 0 Å². The Labute approximate surface area is 98.2 Å². The molecule has 0 fully saturated rings. The third kappa shape index (κ3) is 11.4. The van der Waals surface area contributed by atoms with Crippen LogP contribution in [0.1, 0.15) is 20.8 Å². The van der Waals surface area contributed by atoms with E-state index in [0.717, 1.165) is 18.0 Å². The number of ether oxygens (including phenoxy) is 1. The Morgan fingerprint density at radius 3 is 2.06 bits per heavy atom. The molecule has 0 aliphatic heterocycles. The van der Waals surface area contributed by atoms with Gasteiger partial charge in [0.25, 0.3) is 0 Å². The van der Waals surface area contributed by atoms with Crippen molar-refractivity contribution in [1.82, 2.24) is 0 Å². The molecule has 5 heteroatoms. The molecule has 1 unspecified atom stereocenters. The first kappa shape index (κ1) is 17.7. The van der Waals surface area contributed by atoms with Gasteiger partial charge in [0.15, 0.2) is 0 Å². The zero-order valence-corrected chi connectivity index (χ0v) is 11.2. The van der Waals surface area contributed by atoms with Gasteiger partial charge in [-0.2, -0.15) is 0 Å². The van der Waals surface area contributed by atoms with Gasteiger partial charge in [-0.05, 0) is 20.8 Å². The number of hydrogen-bond acceptors (Lipinski definition) is 4. The Morgan fingerprint density at radius 2 is 1.81 bits per heavy atom. The maximum Gasteiger partial charge on any atom is 0.126 e. The molecule has 1 atom stereocenters. The fraction of sp³-hybridized carbons (Fsp3) is 0.909. The molecular weight excluding hydrogens is 210 g/mol. The molecule has 1 N–H and O–H groups in total. The number of nitrogens with zero attached hydrogens (tertiary/aromatic N) is 1. The number of methoxy groups -OCH3 is 1. The Kier molecular flexibility index (Phi) is 9.42. The fourth-order valence-electron chi connectivity index (χ4n) is 0.999. The number of rotatable bonds is 5. The van der Waals surface area contributed by atoms with Gasteiger partial charge in [0.2, 0.25) is 0 Å². The molecule has 0 aliphatic carbocycles. The molecule has 16 heavy (non-hydrogen) atoms. The van der Waals surface area contributed by atoms with Crippen LogP contribution >= 0.6 is 0 Å². The number of aliphatic carboxylic acids is 1. The minimum Gasteiger partial charge on any atom is -0.550 e. The molecule has 0 aromatic rings. The second-order valence-corrected chi connectivity index (χ2v) is 4.66. The van der Waals surface area contributed by atoms with Crippen molar-refractivity contribution in [2.24, 2.45) is 0 Å². The van der Waals surface area contributed by atoms with E-state index in [1.807, 2.05) is 0 Å². The van der Waals surface area contributed by atoms with E-state index in [1.54, 1.807) is 7.11 Å². The van der Waals surface area contributed by atoms with Gasteiger partial charge in [-0.15, -0.1) is 0 Å². The largest absolute Gasteiger partial charge is 0.550 e. The highest BCUT2D eigenvalue weighted by Gasteiger charge is 2.23. The van der Waals surface area contributed by atoms with Gasteiger partial charge >= 0.3 is 0 Å². The molecule has 0 amide bonds. The molecule has 0 aromatic heterocycles. The third-order valence-electron chi connectivity index (χ3n) is 2.44. The van der Waals surface area contributed by atoms with Crippen molar-refractivity contribution in [1.29, 1.82) is 0 Å². The quantitative estimate of drug-likeness (QED) is 0.636. The van der Waals surface area contributed by atoms with Crippen molar-refractivity contribution >= 4 is 5.97 Å². The summed E-state index contributed by atoms with van der Waals surface area (Å²) in [4.78, 5) is 8.89. The van der Waals surface area contributed by atoms with Crippen LogP contribution in [0.4, 0.5) is 0 Å². The normalized spacial score (nSPS) is 13.0. The van der Waals surface area contributed by atoms with Crippen molar-refractivity contribution in [3.8, 4) is 0 Å². The van der Waals surface area contributed by atoms with Crippen LogP contribution in [0.15, 0.2) is 0 Å². The molecule has 0 heterocycles. The summed E-state index contributed by atoms with van der Waals surface area (Å²) in [7, 11) is 5.84. The minimum atomic E-state index is -1.08. The maximum atomic E-state index is 9.49. The van der Waals surface area contributed by atoms with Gasteiger partial charge < -0.3 is 24.2 Å². The van der Waals surface area contributed by atoms with Crippen LogP contribution < -0.4 is 5.11 Å². The van der Waals surface area contributed by atoms with Gasteiger partial charge in [0.1, 0.15) is 12.6 Å². The van der Waals surface area contributed by atoms with Crippen LogP contribution in [-0.4, -0.2) is 62.1 Å². The fourth-order valence-corrected chi connectivity index (χ4v) is 0.999. The molecule has 0 spiro atoms. The number of quaternary nitrogens is 1. The van der Waals surface area contributed by atoms with Crippen LogP contribution in [0.2, 0.25) is 0 Å². The number of aliphatic hydroxyl groups is 1. The van der Waals surface area contributed by atoms with Crippen LogP contribution in [0, 0.1) is 0 Å². The lowest BCUT2D eigenvalue weighted by molar-refractivity contribution is -0.914. The summed E-state index contributed by atoms with van der Waals surface area (Å²) in [6, 6.07) is 0.525. The Hall–Kier alpha value is -0.650. The topological polar surface area (TPSA) is 69.6 Å². The molecule has 98 valence electrons. The van der Waals surface area contributed by atoms with Gasteiger partial charge in [0, 0.05) is 13.1 Å². The summed E-state index contributed by atoms with van der Waals surface area (Å²) in [6.45, 7) is 6.44. The van der Waals surface area contributed by atoms with E-state index in [9.17, 15) is 5.11 Å². The number of carbonyl (C=O) groups is 1. The SMILES string of the molecule is CC(=O)[O-].COCC(O)C[N+](C)(C)C(C)C. The first-order valence-corrected chi connectivity index (χ1v) is 5.30. The summed E-state index contributed by atoms with van der Waals surface area (Å²) < 4.78 is 5.69. The summed E-state index contributed by atoms with van der Waals surface area (Å²) in [5.41, 5.74) is 0. The smallest absolute Gasteiger partial charge is 0.126 e. The molecule has 0 rings (SSSR count).